The van der Waals surface area contributed by atoms with Gasteiger partial charge in [-0.25, -0.2) is 4.98 Å². The second-order valence-corrected chi connectivity index (χ2v) is 4.70. The number of nitrogen functional groups attached to an aromatic ring is 1. The van der Waals surface area contributed by atoms with Gasteiger partial charge in [0, 0.05) is 11.3 Å². The summed E-state index contributed by atoms with van der Waals surface area (Å²) in [5.74, 6) is 1.14. The molecule has 4 nitrogen and oxygen atoms in total. The van der Waals surface area contributed by atoms with E-state index in [1.54, 1.807) is 0 Å². The van der Waals surface area contributed by atoms with Gasteiger partial charge in [0.25, 0.3) is 0 Å². The lowest BCUT2D eigenvalue weighted by Crippen LogP contribution is -2.14. The third-order valence-electron chi connectivity index (χ3n) is 2.33. The fraction of sp³-hybridized carbons (Fsp3) is 0.615. The lowest BCUT2D eigenvalue weighted by atomic mass is 10.2. The minimum atomic E-state index is 0.0406. The van der Waals surface area contributed by atoms with Crippen LogP contribution in [0.3, 0.4) is 0 Å². The van der Waals surface area contributed by atoms with E-state index in [0.717, 1.165) is 11.3 Å². The summed E-state index contributed by atoms with van der Waals surface area (Å²) in [5, 5.41) is 0. The Morgan fingerprint density at radius 3 is 2.00 bits per heavy atom. The van der Waals surface area contributed by atoms with E-state index in [-0.39, 0.29) is 12.2 Å². The van der Waals surface area contributed by atoms with Crippen molar-refractivity contribution in [3.63, 3.8) is 0 Å². The smallest absolute Gasteiger partial charge is 0.241 e. The number of anilines is 1. The summed E-state index contributed by atoms with van der Waals surface area (Å²) in [6.45, 7) is 11.7. The van der Waals surface area contributed by atoms with Gasteiger partial charge in [-0.2, -0.15) is 0 Å². The van der Waals surface area contributed by atoms with Gasteiger partial charge in [-0.1, -0.05) is 0 Å². The predicted molar refractivity (Wildman–Crippen MR) is 69.7 cm³/mol. The Morgan fingerprint density at radius 1 is 1.00 bits per heavy atom. The Morgan fingerprint density at radius 2 is 1.53 bits per heavy atom. The van der Waals surface area contributed by atoms with Gasteiger partial charge in [0.05, 0.1) is 12.2 Å². The molecule has 0 fully saturated rings. The van der Waals surface area contributed by atoms with Crippen molar-refractivity contribution in [3.05, 3.63) is 11.3 Å². The van der Waals surface area contributed by atoms with Crippen LogP contribution in [0.15, 0.2) is 0 Å². The van der Waals surface area contributed by atoms with Crippen molar-refractivity contribution in [2.75, 3.05) is 5.73 Å². The van der Waals surface area contributed by atoms with Crippen molar-refractivity contribution in [2.45, 2.75) is 53.8 Å². The quantitative estimate of drug-likeness (QED) is 0.876. The largest absolute Gasteiger partial charge is 0.488 e. The molecule has 0 aliphatic heterocycles. The second-order valence-electron chi connectivity index (χ2n) is 4.70. The molecular weight excluding hydrogens is 216 g/mol. The maximum Gasteiger partial charge on any atom is 0.241 e. The molecule has 2 N–H and O–H groups in total. The first-order chi connectivity index (χ1) is 7.82. The zero-order valence-electron chi connectivity index (χ0n) is 11.5. The van der Waals surface area contributed by atoms with E-state index in [1.807, 2.05) is 41.5 Å². The van der Waals surface area contributed by atoms with Gasteiger partial charge in [-0.3, -0.25) is 0 Å². The minimum Gasteiger partial charge on any atom is -0.488 e. The summed E-state index contributed by atoms with van der Waals surface area (Å²) in [6.07, 6.45) is 0.114. The third kappa shape index (κ3) is 3.25. The number of hydrogen-bond acceptors (Lipinski definition) is 4. The van der Waals surface area contributed by atoms with Gasteiger partial charge in [0.2, 0.25) is 5.88 Å². The summed E-state index contributed by atoms with van der Waals surface area (Å²) in [5.41, 5.74) is 8.36. The molecular formula is C13H22N2O2. The summed E-state index contributed by atoms with van der Waals surface area (Å²) < 4.78 is 11.3. The molecule has 17 heavy (non-hydrogen) atoms. The van der Waals surface area contributed by atoms with E-state index in [0.29, 0.717) is 17.3 Å². The van der Waals surface area contributed by atoms with E-state index in [2.05, 4.69) is 4.98 Å². The molecule has 0 spiro atoms. The standard InChI is InChI=1S/C13H22N2O2/c1-7(2)16-12-9(5)10(6)15-13(11(12)14)17-8(3)4/h7-8H,14H2,1-6H3. The first-order valence-corrected chi connectivity index (χ1v) is 5.92. The molecule has 0 radical (unpaired) electrons. The topological polar surface area (TPSA) is 57.4 Å². The number of aromatic nitrogens is 1. The molecule has 1 aromatic heterocycles. The van der Waals surface area contributed by atoms with Crippen LogP contribution in [0.25, 0.3) is 0 Å². The number of aryl methyl sites for hydroxylation is 1. The van der Waals surface area contributed by atoms with E-state index in [4.69, 9.17) is 15.2 Å². The van der Waals surface area contributed by atoms with E-state index >= 15 is 0 Å². The van der Waals surface area contributed by atoms with Crippen LogP contribution in [0.5, 0.6) is 11.6 Å². The Labute approximate surface area is 103 Å². The maximum atomic E-state index is 6.04. The van der Waals surface area contributed by atoms with Crippen molar-refractivity contribution < 1.29 is 9.47 Å². The molecule has 0 saturated carbocycles. The zero-order chi connectivity index (χ0) is 13.2. The summed E-state index contributed by atoms with van der Waals surface area (Å²) in [6, 6.07) is 0. The number of nitrogens with two attached hydrogens (primary N) is 1. The fourth-order valence-electron chi connectivity index (χ4n) is 1.46. The van der Waals surface area contributed by atoms with Crippen molar-refractivity contribution in [1.29, 1.82) is 0 Å². The van der Waals surface area contributed by atoms with Gasteiger partial charge in [0.15, 0.2) is 5.75 Å². The van der Waals surface area contributed by atoms with Crippen LogP contribution in [-0.4, -0.2) is 17.2 Å². The van der Waals surface area contributed by atoms with Crippen molar-refractivity contribution in [1.82, 2.24) is 4.98 Å². The van der Waals surface area contributed by atoms with Crippen LogP contribution in [0.1, 0.15) is 39.0 Å². The Balaban J connectivity index is 3.22. The van der Waals surface area contributed by atoms with E-state index < -0.39 is 0 Å². The summed E-state index contributed by atoms with van der Waals surface area (Å²) in [7, 11) is 0. The second kappa shape index (κ2) is 5.25. The first kappa shape index (κ1) is 13.6. The molecule has 96 valence electrons. The molecule has 1 heterocycles. The highest BCUT2D eigenvalue weighted by molar-refractivity contribution is 5.64. The molecule has 0 aromatic carbocycles. The van der Waals surface area contributed by atoms with Crippen LogP contribution >= 0.6 is 0 Å². The number of ether oxygens (including phenoxy) is 2. The molecule has 0 unspecified atom stereocenters. The number of hydrogen-bond donors (Lipinski definition) is 1. The molecule has 1 rings (SSSR count). The van der Waals surface area contributed by atoms with Gasteiger partial charge < -0.3 is 15.2 Å². The molecule has 4 heteroatoms. The maximum absolute atomic E-state index is 6.04. The summed E-state index contributed by atoms with van der Waals surface area (Å²) in [4.78, 5) is 4.35. The molecule has 0 bridgehead atoms. The molecule has 0 aliphatic carbocycles. The van der Waals surface area contributed by atoms with Gasteiger partial charge >= 0.3 is 0 Å². The minimum absolute atomic E-state index is 0.0406. The van der Waals surface area contributed by atoms with Crippen LogP contribution < -0.4 is 15.2 Å². The van der Waals surface area contributed by atoms with Gasteiger partial charge in [-0.05, 0) is 41.5 Å². The number of rotatable bonds is 4. The predicted octanol–water partition coefficient (Wildman–Crippen LogP) is 2.86. The lowest BCUT2D eigenvalue weighted by molar-refractivity contribution is 0.223. The number of pyridine rings is 1. The van der Waals surface area contributed by atoms with Crippen molar-refractivity contribution in [3.8, 4) is 11.6 Å². The monoisotopic (exact) mass is 238 g/mol. The van der Waals surface area contributed by atoms with Crippen molar-refractivity contribution >= 4 is 5.69 Å². The molecule has 1 aromatic rings. The van der Waals surface area contributed by atoms with Crippen LogP contribution in [0, 0.1) is 13.8 Å². The van der Waals surface area contributed by atoms with Crippen LogP contribution in [0.4, 0.5) is 5.69 Å². The highest BCUT2D eigenvalue weighted by atomic mass is 16.5. The Hall–Kier alpha value is -1.45. The molecule has 0 amide bonds. The normalized spacial score (nSPS) is 11.1. The molecule has 0 saturated heterocycles. The Kier molecular flexibility index (Phi) is 4.21. The van der Waals surface area contributed by atoms with Crippen LogP contribution in [0.2, 0.25) is 0 Å². The van der Waals surface area contributed by atoms with Crippen molar-refractivity contribution in [2.24, 2.45) is 0 Å². The van der Waals surface area contributed by atoms with Gasteiger partial charge in [-0.15, -0.1) is 0 Å². The summed E-state index contributed by atoms with van der Waals surface area (Å²) >= 11 is 0. The Bertz CT molecular complexity index is 401. The average molecular weight is 238 g/mol. The number of nitrogens with zero attached hydrogens (tertiary/aromatic N) is 1. The first-order valence-electron chi connectivity index (χ1n) is 5.92. The highest BCUT2D eigenvalue weighted by Crippen LogP contribution is 2.35. The van der Waals surface area contributed by atoms with Gasteiger partial charge in [0.1, 0.15) is 5.69 Å². The molecule has 0 aliphatic rings. The lowest BCUT2D eigenvalue weighted by Gasteiger charge is -2.19. The third-order valence-corrected chi connectivity index (χ3v) is 2.33. The SMILES string of the molecule is Cc1nc(OC(C)C)c(N)c(OC(C)C)c1C. The molecule has 0 atom stereocenters. The van der Waals surface area contributed by atoms with Crippen LogP contribution in [-0.2, 0) is 0 Å². The highest BCUT2D eigenvalue weighted by Gasteiger charge is 2.17. The van der Waals surface area contributed by atoms with E-state index in [1.165, 1.54) is 0 Å². The van der Waals surface area contributed by atoms with E-state index in [9.17, 15) is 0 Å². The zero-order valence-corrected chi connectivity index (χ0v) is 11.5. The average Bonchev–Trinajstić information content (AvgIpc) is 2.20. The fourth-order valence-corrected chi connectivity index (χ4v) is 1.46.